The minimum Gasteiger partial charge on any atom is -0.481 e. The van der Waals surface area contributed by atoms with Crippen LogP contribution in [0.5, 0.6) is 0 Å². The van der Waals surface area contributed by atoms with Crippen LogP contribution in [0.25, 0.3) is 0 Å². The van der Waals surface area contributed by atoms with E-state index in [0.29, 0.717) is 0 Å². The topological polar surface area (TPSA) is 94.8 Å². The van der Waals surface area contributed by atoms with Crippen molar-refractivity contribution in [3.8, 4) is 0 Å². The van der Waals surface area contributed by atoms with Gasteiger partial charge in [-0.15, -0.1) is 0 Å². The summed E-state index contributed by atoms with van der Waals surface area (Å²) in [7, 11) is 0. The molecule has 0 aromatic heterocycles. The van der Waals surface area contributed by atoms with E-state index in [-0.39, 0.29) is 6.92 Å². The second-order valence-corrected chi connectivity index (χ2v) is 2.56. The summed E-state index contributed by atoms with van der Waals surface area (Å²) >= 11 is 0. The molecule has 0 spiro atoms. The van der Waals surface area contributed by atoms with E-state index in [0.717, 1.165) is 0 Å². The second kappa shape index (κ2) is 3.65. The Morgan fingerprint density at radius 2 is 1.62 bits per heavy atom. The summed E-state index contributed by atoms with van der Waals surface area (Å²) in [5, 5.41) is 25.0. The number of hydrogen-bond donors (Lipinski definition) is 3. The number of hydrogen-bond acceptors (Lipinski definition) is 3. The highest BCUT2D eigenvalue weighted by Gasteiger charge is 2.48. The molecule has 0 rings (SSSR count). The number of carbonyl (C=O) groups is 2. The van der Waals surface area contributed by atoms with E-state index >= 15 is 0 Å². The number of alkyl halides is 2. The summed E-state index contributed by atoms with van der Waals surface area (Å²) in [6.07, 6.45) is -2.61. The zero-order valence-corrected chi connectivity index (χ0v) is 6.57. The third-order valence-electron chi connectivity index (χ3n) is 1.38. The van der Waals surface area contributed by atoms with Gasteiger partial charge in [-0.2, -0.15) is 0 Å². The van der Waals surface area contributed by atoms with Crippen LogP contribution in [0, 0.1) is 5.92 Å². The molecule has 0 aromatic carbocycles. The normalized spacial score (nSPS) is 16.3. The number of aliphatic hydroxyl groups excluding tert-OH is 1. The molecule has 0 amide bonds. The Morgan fingerprint density at radius 1 is 1.23 bits per heavy atom. The van der Waals surface area contributed by atoms with Crippen LogP contribution in [0.3, 0.4) is 0 Å². The molecule has 0 saturated heterocycles. The molecule has 5 nitrogen and oxygen atoms in total. The van der Waals surface area contributed by atoms with Crippen LogP contribution < -0.4 is 0 Å². The van der Waals surface area contributed by atoms with Gasteiger partial charge in [-0.1, -0.05) is 0 Å². The van der Waals surface area contributed by atoms with Gasteiger partial charge in [0.2, 0.25) is 0 Å². The van der Waals surface area contributed by atoms with Crippen molar-refractivity contribution in [1.29, 1.82) is 0 Å². The third-order valence-corrected chi connectivity index (χ3v) is 1.38. The van der Waals surface area contributed by atoms with Crippen molar-refractivity contribution in [2.75, 3.05) is 0 Å². The number of halogens is 2. The van der Waals surface area contributed by atoms with Crippen LogP contribution >= 0.6 is 0 Å². The Labute approximate surface area is 71.6 Å². The van der Waals surface area contributed by atoms with Crippen LogP contribution in [0.1, 0.15) is 6.92 Å². The lowest BCUT2D eigenvalue weighted by atomic mass is 9.96. The summed E-state index contributed by atoms with van der Waals surface area (Å²) in [5.41, 5.74) is 0. The Kier molecular flexibility index (Phi) is 3.30. The number of rotatable bonds is 4. The van der Waals surface area contributed by atoms with Gasteiger partial charge in [-0.05, 0) is 0 Å². The molecule has 13 heavy (non-hydrogen) atoms. The van der Waals surface area contributed by atoms with Crippen LogP contribution in [0.15, 0.2) is 0 Å². The predicted molar refractivity (Wildman–Crippen MR) is 35.4 cm³/mol. The molecule has 0 aromatic rings. The zero-order chi connectivity index (χ0) is 10.8. The quantitative estimate of drug-likeness (QED) is 0.580. The fourth-order valence-corrected chi connectivity index (χ4v) is 0.772. The van der Waals surface area contributed by atoms with E-state index in [1.807, 2.05) is 0 Å². The van der Waals surface area contributed by atoms with Gasteiger partial charge >= 0.3 is 11.9 Å². The first kappa shape index (κ1) is 11.8. The molecule has 0 aliphatic carbocycles. The van der Waals surface area contributed by atoms with Crippen LogP contribution in [-0.2, 0) is 9.59 Å². The summed E-state index contributed by atoms with van der Waals surface area (Å²) in [4.78, 5) is 20.2. The molecule has 2 atom stereocenters. The van der Waals surface area contributed by atoms with Gasteiger partial charge in [-0.3, -0.25) is 4.79 Å². The van der Waals surface area contributed by atoms with Gasteiger partial charge in [0, 0.05) is 6.92 Å². The lowest BCUT2D eigenvalue weighted by molar-refractivity contribution is -0.177. The van der Waals surface area contributed by atoms with Gasteiger partial charge in [0.15, 0.2) is 12.0 Å². The van der Waals surface area contributed by atoms with Crippen molar-refractivity contribution >= 4 is 11.9 Å². The van der Waals surface area contributed by atoms with E-state index in [4.69, 9.17) is 15.3 Å². The Bertz CT molecular complexity index is 222. The zero-order valence-electron chi connectivity index (χ0n) is 6.57. The summed E-state index contributed by atoms with van der Waals surface area (Å²) in [6, 6.07) is 0. The average Bonchev–Trinajstić information content (AvgIpc) is 1.82. The molecule has 0 unspecified atom stereocenters. The first-order valence-corrected chi connectivity index (χ1v) is 3.19. The standard InChI is InChI=1S/C6H8F2O5/c1-6(7,8)2(4(10)11)3(9)5(12)13/h2-3,9H,1H3,(H,10,11)(H,12,13)/t2-,3-/m1/s1. The first-order valence-electron chi connectivity index (χ1n) is 3.19. The monoisotopic (exact) mass is 198 g/mol. The summed E-state index contributed by atoms with van der Waals surface area (Å²) < 4.78 is 24.9. The highest BCUT2D eigenvalue weighted by atomic mass is 19.3. The fraction of sp³-hybridized carbons (Fsp3) is 0.667. The van der Waals surface area contributed by atoms with Gasteiger partial charge < -0.3 is 15.3 Å². The lowest BCUT2D eigenvalue weighted by Crippen LogP contribution is -2.44. The van der Waals surface area contributed by atoms with Crippen LogP contribution in [0.2, 0.25) is 0 Å². The molecule has 0 saturated carbocycles. The van der Waals surface area contributed by atoms with E-state index in [1.165, 1.54) is 0 Å². The minimum atomic E-state index is -3.79. The Morgan fingerprint density at radius 3 is 1.69 bits per heavy atom. The molecule has 0 aliphatic rings. The van der Waals surface area contributed by atoms with Gasteiger partial charge in [0.25, 0.3) is 5.92 Å². The maximum Gasteiger partial charge on any atom is 0.333 e. The minimum absolute atomic E-state index is 0.234. The molecule has 0 fully saturated rings. The summed E-state index contributed by atoms with van der Waals surface area (Å²) in [6.45, 7) is 0.234. The van der Waals surface area contributed by atoms with E-state index in [9.17, 15) is 18.4 Å². The molecule has 0 aliphatic heterocycles. The molecule has 76 valence electrons. The molecule has 3 N–H and O–H groups in total. The van der Waals surface area contributed by atoms with Crippen molar-refractivity contribution < 1.29 is 33.7 Å². The van der Waals surface area contributed by atoms with Crippen molar-refractivity contribution in [3.63, 3.8) is 0 Å². The molecular formula is C6H8F2O5. The van der Waals surface area contributed by atoms with E-state index in [2.05, 4.69) is 0 Å². The number of carboxylic acid groups (broad SMARTS) is 2. The molecular weight excluding hydrogens is 190 g/mol. The van der Waals surface area contributed by atoms with Gasteiger partial charge in [0.1, 0.15) is 0 Å². The number of carboxylic acids is 2. The summed E-state index contributed by atoms with van der Waals surface area (Å²) in [5.74, 6) is -10.5. The largest absolute Gasteiger partial charge is 0.481 e. The van der Waals surface area contributed by atoms with Gasteiger partial charge in [-0.25, -0.2) is 13.6 Å². The smallest absolute Gasteiger partial charge is 0.333 e. The maximum absolute atomic E-state index is 12.4. The Hall–Kier alpha value is -1.24. The van der Waals surface area contributed by atoms with Crippen molar-refractivity contribution in [3.05, 3.63) is 0 Å². The highest BCUT2D eigenvalue weighted by molar-refractivity contribution is 5.82. The Balaban J connectivity index is 4.83. The fourth-order valence-electron chi connectivity index (χ4n) is 0.772. The predicted octanol–water partition coefficient (Wildman–Crippen LogP) is -0.212. The number of aliphatic hydroxyl groups is 1. The third kappa shape index (κ3) is 2.94. The second-order valence-electron chi connectivity index (χ2n) is 2.56. The van der Waals surface area contributed by atoms with Crippen LogP contribution in [-0.4, -0.2) is 39.3 Å². The van der Waals surface area contributed by atoms with E-state index < -0.39 is 29.9 Å². The van der Waals surface area contributed by atoms with Crippen molar-refractivity contribution in [2.24, 2.45) is 5.92 Å². The van der Waals surface area contributed by atoms with Crippen LogP contribution in [0.4, 0.5) is 8.78 Å². The van der Waals surface area contributed by atoms with Crippen molar-refractivity contribution in [2.45, 2.75) is 19.0 Å². The molecule has 0 bridgehead atoms. The molecule has 0 heterocycles. The SMILES string of the molecule is CC(F)(F)[C@@H](C(=O)O)[C@@H](O)C(=O)O. The lowest BCUT2D eigenvalue weighted by Gasteiger charge is -2.21. The van der Waals surface area contributed by atoms with E-state index in [1.54, 1.807) is 0 Å². The molecule has 0 radical (unpaired) electrons. The first-order chi connectivity index (χ1) is 5.68. The average molecular weight is 198 g/mol. The van der Waals surface area contributed by atoms with Crippen molar-refractivity contribution in [1.82, 2.24) is 0 Å². The molecule has 7 heteroatoms. The highest BCUT2D eigenvalue weighted by Crippen LogP contribution is 2.27. The maximum atomic E-state index is 12.4. The van der Waals surface area contributed by atoms with Gasteiger partial charge in [0.05, 0.1) is 0 Å². The number of aliphatic carboxylic acids is 2.